The molecule has 0 aliphatic heterocycles. The van der Waals surface area contributed by atoms with Crippen molar-refractivity contribution in [2.75, 3.05) is 0 Å². The molecule has 2 heterocycles. The van der Waals surface area contributed by atoms with Gasteiger partial charge in [0.15, 0.2) is 6.10 Å². The zero-order valence-corrected chi connectivity index (χ0v) is 10.9. The number of para-hydroxylation sites is 1. The van der Waals surface area contributed by atoms with Gasteiger partial charge in [0.2, 0.25) is 0 Å². The van der Waals surface area contributed by atoms with E-state index in [0.29, 0.717) is 5.76 Å². The van der Waals surface area contributed by atoms with Crippen LogP contribution in [0.2, 0.25) is 0 Å². The second kappa shape index (κ2) is 4.55. The first-order chi connectivity index (χ1) is 9.16. The van der Waals surface area contributed by atoms with E-state index in [9.17, 15) is 5.11 Å². The average molecular weight is 256 g/mol. The molecule has 0 bridgehead atoms. The van der Waals surface area contributed by atoms with Crippen LogP contribution in [0.15, 0.2) is 47.3 Å². The van der Waals surface area contributed by atoms with Gasteiger partial charge in [-0.2, -0.15) is 0 Å². The van der Waals surface area contributed by atoms with E-state index in [2.05, 4.69) is 18.8 Å². The van der Waals surface area contributed by atoms with Gasteiger partial charge in [0.05, 0.1) is 18.2 Å². The van der Waals surface area contributed by atoms with Crippen molar-refractivity contribution >= 4 is 11.0 Å². The summed E-state index contributed by atoms with van der Waals surface area (Å²) in [7, 11) is 0. The van der Waals surface area contributed by atoms with Crippen LogP contribution < -0.4 is 0 Å². The smallest absolute Gasteiger partial charge is 0.153 e. The Morgan fingerprint density at radius 1 is 1.26 bits per heavy atom. The van der Waals surface area contributed by atoms with Gasteiger partial charge in [-0.05, 0) is 26.0 Å². The summed E-state index contributed by atoms with van der Waals surface area (Å²) in [4.78, 5) is 4.11. The van der Waals surface area contributed by atoms with Gasteiger partial charge in [0.1, 0.15) is 11.3 Å². The van der Waals surface area contributed by atoms with Crippen LogP contribution in [0.4, 0.5) is 0 Å². The van der Waals surface area contributed by atoms with Crippen molar-refractivity contribution in [3.05, 3.63) is 54.3 Å². The highest BCUT2D eigenvalue weighted by Gasteiger charge is 2.20. The number of fused-ring (bicyclic) bond motifs is 1. The lowest BCUT2D eigenvalue weighted by Crippen LogP contribution is -2.09. The SMILES string of the molecule is CC(C)n1cncc1C(O)c1cc2ccccc2o1. The van der Waals surface area contributed by atoms with Gasteiger partial charge < -0.3 is 14.1 Å². The Morgan fingerprint density at radius 2 is 2.05 bits per heavy atom. The first-order valence-corrected chi connectivity index (χ1v) is 6.35. The highest BCUT2D eigenvalue weighted by Crippen LogP contribution is 2.28. The van der Waals surface area contributed by atoms with Crippen LogP contribution in [-0.2, 0) is 0 Å². The number of rotatable bonds is 3. The molecule has 1 atom stereocenters. The summed E-state index contributed by atoms with van der Waals surface area (Å²) in [5.41, 5.74) is 1.53. The van der Waals surface area contributed by atoms with Crippen molar-refractivity contribution in [1.82, 2.24) is 9.55 Å². The predicted octanol–water partition coefficient (Wildman–Crippen LogP) is 3.29. The quantitative estimate of drug-likeness (QED) is 0.782. The first-order valence-electron chi connectivity index (χ1n) is 6.35. The molecule has 0 radical (unpaired) electrons. The molecular weight excluding hydrogens is 240 g/mol. The van der Waals surface area contributed by atoms with Crippen molar-refractivity contribution in [3.63, 3.8) is 0 Å². The molecule has 0 spiro atoms. The molecule has 1 aromatic carbocycles. The number of aromatic nitrogens is 2. The third-order valence-corrected chi connectivity index (χ3v) is 3.25. The van der Waals surface area contributed by atoms with Crippen LogP contribution in [0.1, 0.15) is 37.4 Å². The van der Waals surface area contributed by atoms with Crippen LogP contribution in [0.25, 0.3) is 11.0 Å². The predicted molar refractivity (Wildman–Crippen MR) is 72.9 cm³/mol. The minimum atomic E-state index is -0.794. The Hall–Kier alpha value is -2.07. The van der Waals surface area contributed by atoms with Crippen LogP contribution in [0.5, 0.6) is 0 Å². The van der Waals surface area contributed by atoms with Gasteiger partial charge >= 0.3 is 0 Å². The molecule has 3 rings (SSSR count). The molecule has 4 nitrogen and oxygen atoms in total. The zero-order chi connectivity index (χ0) is 13.4. The van der Waals surface area contributed by atoms with Gasteiger partial charge in [0.25, 0.3) is 0 Å². The highest BCUT2D eigenvalue weighted by molar-refractivity contribution is 5.77. The molecule has 0 aliphatic rings. The summed E-state index contributed by atoms with van der Waals surface area (Å²) in [6.07, 6.45) is 2.61. The van der Waals surface area contributed by atoms with Crippen molar-refractivity contribution in [2.24, 2.45) is 0 Å². The molecule has 0 amide bonds. The van der Waals surface area contributed by atoms with E-state index in [-0.39, 0.29) is 6.04 Å². The van der Waals surface area contributed by atoms with Crippen molar-refractivity contribution < 1.29 is 9.52 Å². The molecule has 0 saturated heterocycles. The molecule has 4 heteroatoms. The molecule has 1 unspecified atom stereocenters. The topological polar surface area (TPSA) is 51.2 Å². The third-order valence-electron chi connectivity index (χ3n) is 3.25. The van der Waals surface area contributed by atoms with Crippen LogP contribution in [-0.4, -0.2) is 14.7 Å². The maximum Gasteiger partial charge on any atom is 0.153 e. The van der Waals surface area contributed by atoms with Gasteiger partial charge in [-0.25, -0.2) is 4.98 Å². The largest absolute Gasteiger partial charge is 0.458 e. The van der Waals surface area contributed by atoms with Crippen molar-refractivity contribution in [1.29, 1.82) is 0 Å². The lowest BCUT2D eigenvalue weighted by atomic mass is 10.2. The number of nitrogens with zero attached hydrogens (tertiary/aromatic N) is 2. The second-order valence-corrected chi connectivity index (χ2v) is 4.91. The van der Waals surface area contributed by atoms with Crippen molar-refractivity contribution in [2.45, 2.75) is 26.0 Å². The number of hydrogen-bond acceptors (Lipinski definition) is 3. The average Bonchev–Trinajstić information content (AvgIpc) is 3.04. The third kappa shape index (κ3) is 2.04. The summed E-state index contributed by atoms with van der Waals surface area (Å²) >= 11 is 0. The maximum atomic E-state index is 10.5. The number of hydrogen-bond donors (Lipinski definition) is 1. The Morgan fingerprint density at radius 3 is 2.79 bits per heavy atom. The van der Waals surface area contributed by atoms with E-state index in [1.165, 1.54) is 0 Å². The molecule has 0 aliphatic carbocycles. The summed E-state index contributed by atoms with van der Waals surface area (Å²) in [6, 6.07) is 9.85. The van der Waals surface area contributed by atoms with E-state index in [1.807, 2.05) is 34.9 Å². The van der Waals surface area contributed by atoms with Crippen molar-refractivity contribution in [3.8, 4) is 0 Å². The molecule has 19 heavy (non-hydrogen) atoms. The van der Waals surface area contributed by atoms with E-state index in [0.717, 1.165) is 16.7 Å². The van der Waals surface area contributed by atoms with Crippen LogP contribution >= 0.6 is 0 Å². The summed E-state index contributed by atoms with van der Waals surface area (Å²) < 4.78 is 7.64. The van der Waals surface area contributed by atoms with Gasteiger partial charge in [-0.1, -0.05) is 18.2 Å². The summed E-state index contributed by atoms with van der Waals surface area (Å²) in [5.74, 6) is 0.545. The minimum absolute atomic E-state index is 0.247. The molecule has 2 aromatic heterocycles. The van der Waals surface area contributed by atoms with Crippen LogP contribution in [0.3, 0.4) is 0 Å². The molecule has 0 saturated carbocycles. The normalized spacial score (nSPS) is 13.3. The second-order valence-electron chi connectivity index (χ2n) is 4.91. The molecule has 98 valence electrons. The maximum absolute atomic E-state index is 10.5. The lowest BCUT2D eigenvalue weighted by molar-refractivity contribution is 0.181. The minimum Gasteiger partial charge on any atom is -0.458 e. The number of benzene rings is 1. The van der Waals surface area contributed by atoms with E-state index >= 15 is 0 Å². The molecule has 3 aromatic rings. The van der Waals surface area contributed by atoms with Gasteiger partial charge in [0, 0.05) is 11.4 Å². The van der Waals surface area contributed by atoms with E-state index in [1.54, 1.807) is 12.5 Å². The molecule has 1 N–H and O–H groups in total. The Balaban J connectivity index is 2.03. The number of furan rings is 1. The Bertz CT molecular complexity index is 664. The lowest BCUT2D eigenvalue weighted by Gasteiger charge is -2.14. The van der Waals surface area contributed by atoms with E-state index < -0.39 is 6.10 Å². The van der Waals surface area contributed by atoms with Crippen LogP contribution in [0, 0.1) is 0 Å². The highest BCUT2D eigenvalue weighted by atomic mass is 16.4. The fourth-order valence-corrected chi connectivity index (χ4v) is 2.24. The number of aliphatic hydroxyl groups excluding tert-OH is 1. The van der Waals surface area contributed by atoms with Gasteiger partial charge in [-0.3, -0.25) is 0 Å². The Labute approximate surface area is 111 Å². The first kappa shape index (κ1) is 12.0. The summed E-state index contributed by atoms with van der Waals surface area (Å²) in [5, 5.41) is 11.4. The fraction of sp³-hybridized carbons (Fsp3) is 0.267. The fourth-order valence-electron chi connectivity index (χ4n) is 2.24. The van der Waals surface area contributed by atoms with E-state index in [4.69, 9.17) is 4.42 Å². The molecular formula is C15H16N2O2. The standard InChI is InChI=1S/C15H16N2O2/c1-10(2)17-9-16-8-12(17)15(18)14-7-11-5-3-4-6-13(11)19-14/h3-10,15,18H,1-2H3. The number of imidazole rings is 1. The monoisotopic (exact) mass is 256 g/mol. The Kier molecular flexibility index (Phi) is 2.87. The molecule has 0 fully saturated rings. The zero-order valence-electron chi connectivity index (χ0n) is 10.9. The van der Waals surface area contributed by atoms with Gasteiger partial charge in [-0.15, -0.1) is 0 Å². The number of aliphatic hydroxyl groups is 1. The summed E-state index contributed by atoms with van der Waals surface area (Å²) in [6.45, 7) is 4.10.